The molecular formula is C8H9ClN2O. The van der Waals surface area contributed by atoms with Gasteiger partial charge < -0.3 is 11.5 Å². The van der Waals surface area contributed by atoms with E-state index in [1.165, 1.54) is 19.1 Å². The van der Waals surface area contributed by atoms with Gasteiger partial charge in [-0.05, 0) is 19.1 Å². The molecule has 12 heavy (non-hydrogen) atoms. The summed E-state index contributed by atoms with van der Waals surface area (Å²) in [7, 11) is 0. The van der Waals surface area contributed by atoms with Crippen LogP contribution in [0.2, 0.25) is 5.02 Å². The van der Waals surface area contributed by atoms with Gasteiger partial charge in [0.2, 0.25) is 0 Å². The normalized spacial score (nSPS) is 9.83. The molecule has 0 radical (unpaired) electrons. The molecule has 0 heterocycles. The van der Waals surface area contributed by atoms with Gasteiger partial charge in [0.25, 0.3) is 0 Å². The van der Waals surface area contributed by atoms with Crippen LogP contribution in [0, 0.1) is 0 Å². The van der Waals surface area contributed by atoms with Gasteiger partial charge >= 0.3 is 0 Å². The number of halogens is 1. The minimum Gasteiger partial charge on any atom is -0.397 e. The second kappa shape index (κ2) is 3.03. The molecule has 3 nitrogen and oxygen atoms in total. The number of hydrogen-bond acceptors (Lipinski definition) is 3. The number of carbonyl (C=O) groups excluding carboxylic acids is 1. The lowest BCUT2D eigenvalue weighted by Gasteiger charge is -2.03. The monoisotopic (exact) mass is 184 g/mol. The second-order valence-electron chi connectivity index (χ2n) is 2.52. The molecule has 0 aliphatic carbocycles. The fourth-order valence-electron chi connectivity index (χ4n) is 0.873. The molecule has 0 bridgehead atoms. The highest BCUT2D eigenvalue weighted by molar-refractivity contribution is 6.35. The summed E-state index contributed by atoms with van der Waals surface area (Å²) < 4.78 is 0. The number of nitrogens with two attached hydrogens (primary N) is 2. The molecule has 0 aliphatic rings. The topological polar surface area (TPSA) is 69.1 Å². The zero-order valence-corrected chi connectivity index (χ0v) is 7.35. The Labute approximate surface area is 75.3 Å². The highest BCUT2D eigenvalue weighted by atomic mass is 35.5. The predicted molar refractivity (Wildman–Crippen MR) is 50.3 cm³/mol. The Hall–Kier alpha value is -1.22. The van der Waals surface area contributed by atoms with Gasteiger partial charge in [0.1, 0.15) is 0 Å². The molecule has 0 atom stereocenters. The van der Waals surface area contributed by atoms with E-state index in [0.717, 1.165) is 0 Å². The van der Waals surface area contributed by atoms with Gasteiger partial charge in [-0.2, -0.15) is 0 Å². The predicted octanol–water partition coefficient (Wildman–Crippen LogP) is 1.71. The van der Waals surface area contributed by atoms with E-state index in [1.807, 2.05) is 0 Å². The van der Waals surface area contributed by atoms with Crippen LogP contribution in [0.1, 0.15) is 17.3 Å². The van der Waals surface area contributed by atoms with E-state index in [-0.39, 0.29) is 5.78 Å². The fraction of sp³-hybridized carbons (Fsp3) is 0.125. The van der Waals surface area contributed by atoms with Gasteiger partial charge in [0.15, 0.2) is 5.78 Å². The number of benzene rings is 1. The number of hydrogen-bond donors (Lipinski definition) is 2. The van der Waals surface area contributed by atoms with E-state index < -0.39 is 0 Å². The Balaban J connectivity index is 3.31. The molecular weight excluding hydrogens is 176 g/mol. The first-order valence-electron chi connectivity index (χ1n) is 3.38. The molecule has 1 aromatic rings. The van der Waals surface area contributed by atoms with E-state index in [0.29, 0.717) is 22.0 Å². The van der Waals surface area contributed by atoms with Gasteiger partial charge in [0.05, 0.1) is 16.4 Å². The summed E-state index contributed by atoms with van der Waals surface area (Å²) >= 11 is 5.69. The van der Waals surface area contributed by atoms with Crippen LogP contribution in [0.15, 0.2) is 12.1 Å². The molecule has 0 aliphatic heterocycles. The van der Waals surface area contributed by atoms with E-state index >= 15 is 0 Å². The van der Waals surface area contributed by atoms with Crippen molar-refractivity contribution in [1.82, 2.24) is 0 Å². The third kappa shape index (κ3) is 1.51. The van der Waals surface area contributed by atoms with Gasteiger partial charge in [0, 0.05) is 5.56 Å². The number of carbonyl (C=O) groups is 1. The molecule has 64 valence electrons. The fourth-order valence-corrected chi connectivity index (χ4v) is 0.982. The average molecular weight is 185 g/mol. The van der Waals surface area contributed by atoms with Crippen molar-refractivity contribution in [3.05, 3.63) is 22.7 Å². The minimum absolute atomic E-state index is 0.0786. The first kappa shape index (κ1) is 8.87. The van der Waals surface area contributed by atoms with E-state index in [2.05, 4.69) is 0 Å². The number of anilines is 2. The van der Waals surface area contributed by atoms with Crippen LogP contribution in [-0.4, -0.2) is 5.78 Å². The Morgan fingerprint density at radius 1 is 1.33 bits per heavy atom. The summed E-state index contributed by atoms with van der Waals surface area (Å²) in [5, 5.41) is 0.306. The zero-order valence-electron chi connectivity index (χ0n) is 6.60. The summed E-state index contributed by atoms with van der Waals surface area (Å²) in [6, 6.07) is 3.03. The number of nitrogen functional groups attached to an aromatic ring is 2. The summed E-state index contributed by atoms with van der Waals surface area (Å²) in [6.07, 6.45) is 0. The van der Waals surface area contributed by atoms with Gasteiger partial charge in [-0.3, -0.25) is 4.79 Å². The smallest absolute Gasteiger partial charge is 0.159 e. The highest BCUT2D eigenvalue weighted by Crippen LogP contribution is 2.27. The van der Waals surface area contributed by atoms with Crippen molar-refractivity contribution in [3.63, 3.8) is 0 Å². The zero-order chi connectivity index (χ0) is 9.30. The van der Waals surface area contributed by atoms with Crippen LogP contribution in [0.4, 0.5) is 11.4 Å². The van der Waals surface area contributed by atoms with Crippen LogP contribution in [-0.2, 0) is 0 Å². The van der Waals surface area contributed by atoms with Crippen molar-refractivity contribution >= 4 is 28.8 Å². The third-order valence-corrected chi connectivity index (χ3v) is 1.97. The largest absolute Gasteiger partial charge is 0.397 e. The Kier molecular flexibility index (Phi) is 2.24. The maximum Gasteiger partial charge on any atom is 0.159 e. The quantitative estimate of drug-likeness (QED) is 0.516. The van der Waals surface area contributed by atoms with Crippen LogP contribution in [0.25, 0.3) is 0 Å². The van der Waals surface area contributed by atoms with Crippen LogP contribution >= 0.6 is 11.6 Å². The molecule has 0 amide bonds. The Bertz CT molecular complexity index is 313. The SMILES string of the molecule is CC(=O)c1cc(N)c(Cl)c(N)c1. The number of rotatable bonds is 1. The molecule has 0 saturated heterocycles. The van der Waals surface area contributed by atoms with Crippen molar-refractivity contribution in [3.8, 4) is 0 Å². The average Bonchev–Trinajstić information content (AvgIpc) is 1.99. The second-order valence-corrected chi connectivity index (χ2v) is 2.90. The molecule has 0 aromatic heterocycles. The van der Waals surface area contributed by atoms with Crippen LogP contribution in [0.5, 0.6) is 0 Å². The van der Waals surface area contributed by atoms with Crippen LogP contribution < -0.4 is 11.5 Å². The van der Waals surface area contributed by atoms with Crippen molar-refractivity contribution in [2.24, 2.45) is 0 Å². The lowest BCUT2D eigenvalue weighted by molar-refractivity contribution is 0.101. The number of ketones is 1. The van der Waals surface area contributed by atoms with Crippen molar-refractivity contribution in [1.29, 1.82) is 0 Å². The summed E-state index contributed by atoms with van der Waals surface area (Å²) in [5.74, 6) is -0.0786. The minimum atomic E-state index is -0.0786. The Morgan fingerprint density at radius 2 is 1.75 bits per heavy atom. The Morgan fingerprint density at radius 3 is 2.08 bits per heavy atom. The van der Waals surface area contributed by atoms with Gasteiger partial charge in [-0.1, -0.05) is 11.6 Å². The molecule has 0 fully saturated rings. The molecule has 1 rings (SSSR count). The molecule has 0 spiro atoms. The van der Waals surface area contributed by atoms with Gasteiger partial charge in [-0.25, -0.2) is 0 Å². The number of Topliss-reactive ketones (excluding diaryl/α,β-unsaturated/α-hetero) is 1. The van der Waals surface area contributed by atoms with Gasteiger partial charge in [-0.15, -0.1) is 0 Å². The highest BCUT2D eigenvalue weighted by Gasteiger charge is 2.06. The third-order valence-electron chi connectivity index (χ3n) is 1.54. The molecule has 4 heteroatoms. The van der Waals surface area contributed by atoms with Crippen LogP contribution in [0.3, 0.4) is 0 Å². The lowest BCUT2D eigenvalue weighted by Crippen LogP contribution is -1.99. The van der Waals surface area contributed by atoms with Crippen molar-refractivity contribution in [2.75, 3.05) is 11.5 Å². The maximum atomic E-state index is 10.9. The van der Waals surface area contributed by atoms with E-state index in [1.54, 1.807) is 0 Å². The first-order valence-corrected chi connectivity index (χ1v) is 3.75. The van der Waals surface area contributed by atoms with Crippen molar-refractivity contribution < 1.29 is 4.79 Å². The summed E-state index contributed by atoms with van der Waals surface area (Å²) in [6.45, 7) is 1.45. The first-order chi connectivity index (χ1) is 5.52. The summed E-state index contributed by atoms with van der Waals surface area (Å²) in [5.41, 5.74) is 12.1. The molecule has 0 saturated carbocycles. The molecule has 4 N–H and O–H groups in total. The standard InChI is InChI=1S/C8H9ClN2O/c1-4(12)5-2-6(10)8(9)7(11)3-5/h2-3H,10-11H2,1H3. The van der Waals surface area contributed by atoms with E-state index in [4.69, 9.17) is 23.1 Å². The lowest BCUT2D eigenvalue weighted by atomic mass is 10.1. The maximum absolute atomic E-state index is 10.9. The molecule has 0 unspecified atom stereocenters. The molecule has 1 aromatic carbocycles. The van der Waals surface area contributed by atoms with E-state index in [9.17, 15) is 4.79 Å². The van der Waals surface area contributed by atoms with Crippen molar-refractivity contribution in [2.45, 2.75) is 6.92 Å². The summed E-state index contributed by atoms with van der Waals surface area (Å²) in [4.78, 5) is 10.9.